The lowest BCUT2D eigenvalue weighted by atomic mass is 10.1. The van der Waals surface area contributed by atoms with Crippen molar-refractivity contribution in [3.63, 3.8) is 0 Å². The highest BCUT2D eigenvalue weighted by Gasteiger charge is 2.37. The molecule has 19 heavy (non-hydrogen) atoms. The highest BCUT2D eigenvalue weighted by molar-refractivity contribution is 5.97. The van der Waals surface area contributed by atoms with Gasteiger partial charge in [-0.1, -0.05) is 0 Å². The van der Waals surface area contributed by atoms with Crippen molar-refractivity contribution >= 4 is 11.9 Å². The molecule has 0 aromatic heterocycles. The van der Waals surface area contributed by atoms with Crippen LogP contribution in [0.25, 0.3) is 0 Å². The third-order valence-corrected chi connectivity index (χ3v) is 3.28. The van der Waals surface area contributed by atoms with Crippen LogP contribution >= 0.6 is 0 Å². The molecule has 1 aliphatic heterocycles. The zero-order valence-corrected chi connectivity index (χ0v) is 10.1. The van der Waals surface area contributed by atoms with E-state index in [1.165, 1.54) is 0 Å². The zero-order chi connectivity index (χ0) is 13.4. The van der Waals surface area contributed by atoms with E-state index in [4.69, 9.17) is 14.6 Å². The van der Waals surface area contributed by atoms with Crippen LogP contribution in [0, 0.1) is 5.92 Å². The first-order valence-electron chi connectivity index (χ1n) is 6.08. The number of rotatable bonds is 4. The van der Waals surface area contributed by atoms with Gasteiger partial charge in [-0.25, -0.2) is 4.79 Å². The topological polar surface area (TPSA) is 84.9 Å². The van der Waals surface area contributed by atoms with E-state index in [-0.39, 0.29) is 12.7 Å². The van der Waals surface area contributed by atoms with Crippen molar-refractivity contribution < 1.29 is 24.2 Å². The molecular weight excluding hydrogens is 250 g/mol. The first kappa shape index (κ1) is 11.8. The summed E-state index contributed by atoms with van der Waals surface area (Å²) in [5, 5.41) is 11.6. The second-order valence-corrected chi connectivity index (χ2v) is 4.69. The van der Waals surface area contributed by atoms with Gasteiger partial charge in [-0.15, -0.1) is 0 Å². The van der Waals surface area contributed by atoms with E-state index in [0.29, 0.717) is 17.1 Å². The molecule has 6 heteroatoms. The van der Waals surface area contributed by atoms with Crippen molar-refractivity contribution in [1.82, 2.24) is 5.32 Å². The number of hydrogen-bond donors (Lipinski definition) is 2. The molecule has 1 atom stereocenters. The van der Waals surface area contributed by atoms with Crippen LogP contribution in [0.15, 0.2) is 18.2 Å². The molecule has 0 bridgehead atoms. The van der Waals surface area contributed by atoms with E-state index in [1.54, 1.807) is 18.2 Å². The lowest BCUT2D eigenvalue weighted by Crippen LogP contribution is -2.42. The van der Waals surface area contributed by atoms with E-state index in [0.717, 1.165) is 12.8 Å². The fraction of sp³-hybridized carbons (Fsp3) is 0.385. The predicted octanol–water partition coefficient (Wildman–Crippen LogP) is 1.01. The maximum atomic E-state index is 12.0. The number of carboxylic acid groups (broad SMARTS) is 1. The Morgan fingerprint density at radius 2 is 2.00 bits per heavy atom. The molecule has 2 N–H and O–H groups in total. The zero-order valence-electron chi connectivity index (χ0n) is 10.1. The number of hydrogen-bond acceptors (Lipinski definition) is 4. The SMILES string of the molecule is O=C(NC(C(=O)O)C1CC1)c1ccc2c(c1)OCO2. The Hall–Kier alpha value is -2.24. The number of carbonyl (C=O) groups is 2. The number of fused-ring (bicyclic) bond motifs is 1. The first-order valence-corrected chi connectivity index (χ1v) is 6.08. The molecule has 1 heterocycles. The van der Waals surface area contributed by atoms with Gasteiger partial charge in [0.1, 0.15) is 6.04 Å². The van der Waals surface area contributed by atoms with Crippen LogP contribution in [0.5, 0.6) is 11.5 Å². The number of benzene rings is 1. The van der Waals surface area contributed by atoms with Crippen molar-refractivity contribution in [2.24, 2.45) is 5.92 Å². The molecule has 1 unspecified atom stereocenters. The van der Waals surface area contributed by atoms with Gasteiger partial charge in [0, 0.05) is 5.56 Å². The van der Waals surface area contributed by atoms with Gasteiger partial charge in [0.25, 0.3) is 5.91 Å². The summed E-state index contributed by atoms with van der Waals surface area (Å²) >= 11 is 0. The van der Waals surface area contributed by atoms with Crippen LogP contribution in [0.2, 0.25) is 0 Å². The Morgan fingerprint density at radius 3 is 2.68 bits per heavy atom. The van der Waals surface area contributed by atoms with E-state index in [1.807, 2.05) is 0 Å². The van der Waals surface area contributed by atoms with E-state index < -0.39 is 17.9 Å². The molecule has 100 valence electrons. The molecule has 1 saturated carbocycles. The van der Waals surface area contributed by atoms with Crippen molar-refractivity contribution in [2.45, 2.75) is 18.9 Å². The normalized spacial score (nSPS) is 17.9. The summed E-state index contributed by atoms with van der Waals surface area (Å²) < 4.78 is 10.3. The minimum absolute atomic E-state index is 0.0514. The Balaban J connectivity index is 1.74. The average Bonchev–Trinajstić information content (AvgIpc) is 3.11. The van der Waals surface area contributed by atoms with E-state index in [9.17, 15) is 9.59 Å². The average molecular weight is 263 g/mol. The van der Waals surface area contributed by atoms with Crippen LogP contribution in [-0.2, 0) is 4.79 Å². The third-order valence-electron chi connectivity index (χ3n) is 3.28. The van der Waals surface area contributed by atoms with Crippen molar-refractivity contribution in [1.29, 1.82) is 0 Å². The summed E-state index contributed by atoms with van der Waals surface area (Å²) in [5.74, 6) is -0.246. The molecule has 1 fully saturated rings. The predicted molar refractivity (Wildman–Crippen MR) is 64.2 cm³/mol. The number of carboxylic acids is 1. The second kappa shape index (κ2) is 4.46. The summed E-state index contributed by atoms with van der Waals surface area (Å²) in [4.78, 5) is 23.1. The molecule has 2 aliphatic rings. The van der Waals surface area contributed by atoms with Gasteiger partial charge in [0.2, 0.25) is 6.79 Å². The Kier molecular flexibility index (Phi) is 2.77. The van der Waals surface area contributed by atoms with Crippen molar-refractivity contribution in [3.05, 3.63) is 23.8 Å². The molecule has 0 saturated heterocycles. The molecule has 1 aromatic carbocycles. The largest absolute Gasteiger partial charge is 0.480 e. The maximum absolute atomic E-state index is 12.0. The lowest BCUT2D eigenvalue weighted by molar-refractivity contribution is -0.139. The second-order valence-electron chi connectivity index (χ2n) is 4.69. The van der Waals surface area contributed by atoms with Gasteiger partial charge >= 0.3 is 5.97 Å². The molecule has 6 nitrogen and oxygen atoms in total. The fourth-order valence-electron chi connectivity index (χ4n) is 2.07. The van der Waals surface area contributed by atoms with Crippen LogP contribution < -0.4 is 14.8 Å². The minimum Gasteiger partial charge on any atom is -0.480 e. The van der Waals surface area contributed by atoms with Crippen LogP contribution in [0.1, 0.15) is 23.2 Å². The van der Waals surface area contributed by atoms with E-state index in [2.05, 4.69) is 5.32 Å². The highest BCUT2D eigenvalue weighted by atomic mass is 16.7. The first-order chi connectivity index (χ1) is 9.15. The highest BCUT2D eigenvalue weighted by Crippen LogP contribution is 2.34. The minimum atomic E-state index is -0.989. The fourth-order valence-corrected chi connectivity index (χ4v) is 2.07. The number of aliphatic carboxylic acids is 1. The number of ether oxygens (including phenoxy) is 2. The van der Waals surface area contributed by atoms with Gasteiger partial charge in [-0.05, 0) is 37.0 Å². The van der Waals surface area contributed by atoms with Gasteiger partial charge < -0.3 is 19.9 Å². The maximum Gasteiger partial charge on any atom is 0.326 e. The van der Waals surface area contributed by atoms with Gasteiger partial charge in [0.15, 0.2) is 11.5 Å². The molecule has 0 spiro atoms. The molecular formula is C13H13NO5. The lowest BCUT2D eigenvalue weighted by Gasteiger charge is -2.13. The number of amides is 1. The van der Waals surface area contributed by atoms with Crippen molar-refractivity contribution in [2.75, 3.05) is 6.79 Å². The van der Waals surface area contributed by atoms with Gasteiger partial charge in [-0.2, -0.15) is 0 Å². The quantitative estimate of drug-likeness (QED) is 0.846. The summed E-state index contributed by atoms with van der Waals surface area (Å²) in [7, 11) is 0. The van der Waals surface area contributed by atoms with Crippen LogP contribution in [0.3, 0.4) is 0 Å². The Morgan fingerprint density at radius 1 is 1.26 bits per heavy atom. The van der Waals surface area contributed by atoms with Gasteiger partial charge in [-0.3, -0.25) is 4.79 Å². The van der Waals surface area contributed by atoms with Crippen LogP contribution in [0.4, 0.5) is 0 Å². The third kappa shape index (κ3) is 2.33. The molecule has 1 aromatic rings. The standard InChI is InChI=1S/C13H13NO5/c15-12(14-11(13(16)17)7-1-2-7)8-3-4-9-10(5-8)19-6-18-9/h3-5,7,11H,1-2,6H2,(H,14,15)(H,16,17). The Bertz CT molecular complexity index is 538. The van der Waals surface area contributed by atoms with Gasteiger partial charge in [0.05, 0.1) is 0 Å². The smallest absolute Gasteiger partial charge is 0.326 e. The molecule has 0 radical (unpaired) electrons. The van der Waals surface area contributed by atoms with Crippen molar-refractivity contribution in [3.8, 4) is 11.5 Å². The Labute approximate surface area is 109 Å². The summed E-state index contributed by atoms with van der Waals surface area (Å²) in [6, 6.07) is 3.99. The molecule has 3 rings (SSSR count). The van der Waals surface area contributed by atoms with E-state index >= 15 is 0 Å². The summed E-state index contributed by atoms with van der Waals surface area (Å²) in [5.41, 5.74) is 0.371. The molecule has 1 aliphatic carbocycles. The number of carbonyl (C=O) groups excluding carboxylic acids is 1. The molecule has 1 amide bonds. The summed E-state index contributed by atoms with van der Waals surface area (Å²) in [6.45, 7) is 0.139. The monoisotopic (exact) mass is 263 g/mol. The number of nitrogens with one attached hydrogen (secondary N) is 1. The van der Waals surface area contributed by atoms with Crippen LogP contribution in [-0.4, -0.2) is 29.8 Å². The summed E-state index contributed by atoms with van der Waals surface area (Å²) in [6.07, 6.45) is 1.69.